The van der Waals surface area contributed by atoms with Crippen LogP contribution in [-0.4, -0.2) is 45.0 Å². The van der Waals surface area contributed by atoms with Gasteiger partial charge in [0.05, 0.1) is 35.2 Å². The number of fused-ring (bicyclic) bond motifs is 1. The van der Waals surface area contributed by atoms with Crippen LogP contribution in [0.25, 0.3) is 11.0 Å². The van der Waals surface area contributed by atoms with Crippen LogP contribution in [0.5, 0.6) is 0 Å². The molecule has 1 aliphatic rings. The molecular weight excluding hydrogens is 598 g/mol. The number of carbonyl (C=O) groups is 2. The number of hydrogen-bond donors (Lipinski definition) is 3. The van der Waals surface area contributed by atoms with Gasteiger partial charge in [0, 0.05) is 38.6 Å². The number of hydrogen-bond acceptors (Lipinski definition) is 5. The van der Waals surface area contributed by atoms with Gasteiger partial charge < -0.3 is 15.6 Å². The maximum absolute atomic E-state index is 12.3. The summed E-state index contributed by atoms with van der Waals surface area (Å²) >= 11 is 0.886. The fourth-order valence-electron chi connectivity index (χ4n) is 3.95. The smallest absolute Gasteiger partial charge is 0.352 e. The molecule has 3 N–H and O–H groups in total. The van der Waals surface area contributed by atoms with Crippen LogP contribution in [0, 0.1) is 0 Å². The molecule has 3 aromatic rings. The van der Waals surface area contributed by atoms with E-state index in [1.165, 1.54) is 6.20 Å². The van der Waals surface area contributed by atoms with E-state index >= 15 is 0 Å². The number of benzene rings is 1. The number of aromatic nitrogens is 3. The van der Waals surface area contributed by atoms with Gasteiger partial charge in [-0.05, 0) is 30.5 Å². The molecule has 0 bridgehead atoms. The molecular formula is C26H29F8N5O2S. The number of aryl methyl sites for hydroxylation is 1. The zero-order valence-electron chi connectivity index (χ0n) is 22.2. The summed E-state index contributed by atoms with van der Waals surface area (Å²) in [4.78, 5) is 35.1. The van der Waals surface area contributed by atoms with Crippen molar-refractivity contribution in [1.29, 1.82) is 0 Å². The van der Waals surface area contributed by atoms with E-state index in [9.17, 15) is 44.7 Å². The summed E-state index contributed by atoms with van der Waals surface area (Å²) in [5, 5.41) is 5.24. The van der Waals surface area contributed by atoms with Gasteiger partial charge in [0.25, 0.3) is 5.91 Å². The predicted molar refractivity (Wildman–Crippen MR) is 139 cm³/mol. The number of rotatable bonds is 9. The van der Waals surface area contributed by atoms with Gasteiger partial charge in [-0.1, -0.05) is 12.5 Å². The van der Waals surface area contributed by atoms with Gasteiger partial charge in [0.15, 0.2) is 0 Å². The summed E-state index contributed by atoms with van der Waals surface area (Å²) in [6.45, 7) is 0.0621. The molecule has 0 spiro atoms. The zero-order chi connectivity index (χ0) is 31.0. The topological polar surface area (TPSA) is 99.8 Å². The van der Waals surface area contributed by atoms with Crippen LogP contribution in [0.4, 0.5) is 35.1 Å². The average molecular weight is 628 g/mol. The largest absolute Gasteiger partial charge is 0.389 e. The number of aromatic amines is 1. The number of imidazole rings is 1. The molecule has 1 aromatic carbocycles. The van der Waals surface area contributed by atoms with Gasteiger partial charge >= 0.3 is 12.4 Å². The number of nitrogens with zero attached hydrogens (tertiary/aromatic N) is 2. The lowest BCUT2D eigenvalue weighted by atomic mass is 9.97. The van der Waals surface area contributed by atoms with E-state index in [2.05, 4.69) is 25.6 Å². The number of alkyl halides is 8. The minimum atomic E-state index is -4.40. The summed E-state index contributed by atoms with van der Waals surface area (Å²) in [6, 6.07) is 4.99. The number of H-pyrrole nitrogens is 1. The monoisotopic (exact) mass is 627 g/mol. The van der Waals surface area contributed by atoms with Gasteiger partial charge in [0.2, 0.25) is 11.8 Å². The van der Waals surface area contributed by atoms with Crippen molar-refractivity contribution in [2.45, 2.75) is 89.2 Å². The van der Waals surface area contributed by atoms with Gasteiger partial charge in [-0.2, -0.15) is 26.3 Å². The van der Waals surface area contributed by atoms with E-state index in [0.29, 0.717) is 35.3 Å². The highest BCUT2D eigenvalue weighted by molar-refractivity contribution is 7.13. The number of halogens is 8. The Morgan fingerprint density at radius 2 is 1.64 bits per heavy atom. The molecule has 7 nitrogen and oxygen atoms in total. The summed E-state index contributed by atoms with van der Waals surface area (Å²) in [5.74, 6) is -3.12. The molecule has 2 amide bonds. The molecule has 0 atom stereocenters. The molecule has 42 heavy (non-hydrogen) atoms. The first-order valence-electron chi connectivity index (χ1n) is 13.1. The Morgan fingerprint density at radius 1 is 0.952 bits per heavy atom. The molecule has 0 saturated heterocycles. The van der Waals surface area contributed by atoms with Crippen molar-refractivity contribution in [2.75, 3.05) is 0 Å². The quantitative estimate of drug-likeness (QED) is 0.223. The molecule has 1 fully saturated rings. The van der Waals surface area contributed by atoms with Crippen LogP contribution in [0.2, 0.25) is 0 Å². The van der Waals surface area contributed by atoms with Crippen molar-refractivity contribution >= 4 is 34.2 Å². The summed E-state index contributed by atoms with van der Waals surface area (Å²) in [6.07, 6.45) is -7.96. The predicted octanol–water partition coefficient (Wildman–Crippen LogP) is 6.99. The number of nitrogens with one attached hydrogen (secondary N) is 3. The lowest BCUT2D eigenvalue weighted by Gasteiger charge is -2.20. The second kappa shape index (κ2) is 14.2. The van der Waals surface area contributed by atoms with Gasteiger partial charge in [-0.25, -0.2) is 18.7 Å². The maximum Gasteiger partial charge on any atom is 0.389 e. The molecule has 0 radical (unpaired) electrons. The Hall–Kier alpha value is -3.30. The van der Waals surface area contributed by atoms with Gasteiger partial charge in [0.1, 0.15) is 10.7 Å². The van der Waals surface area contributed by atoms with Crippen molar-refractivity contribution in [3.8, 4) is 0 Å². The Labute approximate surface area is 239 Å². The SMILES string of the molecule is FC1(F)CCCCC1.O=C(CCC(F)(F)F)NCc1ccc2nc(CNC(=O)c3cnc(CCC(F)(F)F)s3)[nH]c2c1. The molecule has 0 aliphatic heterocycles. The molecule has 1 saturated carbocycles. The lowest BCUT2D eigenvalue weighted by Crippen LogP contribution is -2.24. The van der Waals surface area contributed by atoms with Crippen LogP contribution < -0.4 is 10.6 Å². The Morgan fingerprint density at radius 3 is 2.26 bits per heavy atom. The normalized spacial score (nSPS) is 15.1. The highest BCUT2D eigenvalue weighted by Crippen LogP contribution is 2.32. The number of amides is 2. The van der Waals surface area contributed by atoms with Crippen LogP contribution >= 0.6 is 11.3 Å². The number of carbonyl (C=O) groups excluding carboxylic acids is 2. The number of thiazole rings is 1. The fraction of sp³-hybridized carbons (Fsp3) is 0.538. The average Bonchev–Trinajstić information content (AvgIpc) is 3.54. The first-order chi connectivity index (χ1) is 19.6. The van der Waals surface area contributed by atoms with Crippen LogP contribution in [0.1, 0.15) is 77.4 Å². The third kappa shape index (κ3) is 11.9. The van der Waals surface area contributed by atoms with Crippen LogP contribution in [0.15, 0.2) is 24.4 Å². The third-order valence-electron chi connectivity index (χ3n) is 6.12. The Balaban J connectivity index is 0.000000521. The fourth-order valence-corrected chi connectivity index (χ4v) is 4.78. The first kappa shape index (κ1) is 33.2. The van der Waals surface area contributed by atoms with E-state index in [-0.39, 0.29) is 42.2 Å². The summed E-state index contributed by atoms with van der Waals surface area (Å²) in [7, 11) is 0. The second-order valence-corrected chi connectivity index (χ2v) is 10.9. The van der Waals surface area contributed by atoms with Crippen molar-refractivity contribution in [2.24, 2.45) is 0 Å². The van der Waals surface area contributed by atoms with Crippen LogP contribution in [0.3, 0.4) is 0 Å². The minimum absolute atomic E-state index is 0.0206. The highest BCUT2D eigenvalue weighted by atomic mass is 32.1. The second-order valence-electron chi connectivity index (χ2n) is 9.76. The highest BCUT2D eigenvalue weighted by Gasteiger charge is 2.30. The molecule has 1 aliphatic carbocycles. The maximum atomic E-state index is 12.3. The molecule has 16 heteroatoms. The Kier molecular flexibility index (Phi) is 11.3. The lowest BCUT2D eigenvalue weighted by molar-refractivity contribution is -0.144. The van der Waals surface area contributed by atoms with Crippen LogP contribution in [-0.2, 0) is 24.3 Å². The molecule has 2 aromatic heterocycles. The summed E-state index contributed by atoms with van der Waals surface area (Å²) in [5.41, 5.74) is 1.81. The van der Waals surface area contributed by atoms with E-state index in [1.807, 2.05) is 0 Å². The van der Waals surface area contributed by atoms with Crippen molar-refractivity contribution < 1.29 is 44.7 Å². The van der Waals surface area contributed by atoms with E-state index in [1.54, 1.807) is 18.2 Å². The van der Waals surface area contributed by atoms with Crippen molar-refractivity contribution in [3.63, 3.8) is 0 Å². The standard InChI is InChI=1S/C20H19F6N5O2S.C6H10F2/c21-19(22,23)5-3-16(32)27-8-11-1-2-12-13(7-11)31-15(30-12)10-29-18(33)14-9-28-17(34-14)4-6-20(24,25)26;7-6(8)4-2-1-3-5-6/h1-2,7,9H,3-6,8,10H2,(H,27,32)(H,29,33)(H,30,31);1-5H2. The molecule has 232 valence electrons. The van der Waals surface area contributed by atoms with Crippen molar-refractivity contribution in [3.05, 3.63) is 45.7 Å². The molecule has 4 rings (SSSR count). The summed E-state index contributed by atoms with van der Waals surface area (Å²) < 4.78 is 97.9. The third-order valence-corrected chi connectivity index (χ3v) is 7.18. The minimum Gasteiger partial charge on any atom is -0.352 e. The zero-order valence-corrected chi connectivity index (χ0v) is 23.0. The van der Waals surface area contributed by atoms with Gasteiger partial charge in [-0.15, -0.1) is 11.3 Å². The molecule has 0 unspecified atom stereocenters. The van der Waals surface area contributed by atoms with Crippen molar-refractivity contribution in [1.82, 2.24) is 25.6 Å². The van der Waals surface area contributed by atoms with E-state index < -0.39 is 49.4 Å². The molecule has 2 heterocycles. The Bertz CT molecular complexity index is 1330. The van der Waals surface area contributed by atoms with E-state index in [0.717, 1.165) is 17.8 Å². The van der Waals surface area contributed by atoms with E-state index in [4.69, 9.17) is 0 Å². The first-order valence-corrected chi connectivity index (χ1v) is 13.9. The van der Waals surface area contributed by atoms with Gasteiger partial charge in [-0.3, -0.25) is 9.59 Å².